The molecule has 0 saturated heterocycles. The molecule has 2 unspecified atom stereocenters. The van der Waals surface area contributed by atoms with Crippen LogP contribution in [0.5, 0.6) is 0 Å². The smallest absolute Gasteiger partial charge is 0.272 e. The van der Waals surface area contributed by atoms with Crippen molar-refractivity contribution in [2.45, 2.75) is 30.7 Å². The summed E-state index contributed by atoms with van der Waals surface area (Å²) >= 11 is 0. The first-order valence-electron chi connectivity index (χ1n) is 11.0. The van der Waals surface area contributed by atoms with Crippen molar-refractivity contribution in [1.82, 2.24) is 14.3 Å². The first-order chi connectivity index (χ1) is 16.7. The average molecular weight is 493 g/mol. The van der Waals surface area contributed by atoms with E-state index < -0.39 is 21.8 Å². The first-order valence-corrected chi connectivity index (χ1v) is 12.6. The zero-order chi connectivity index (χ0) is 25.2. The van der Waals surface area contributed by atoms with E-state index in [1.807, 2.05) is 31.2 Å². The van der Waals surface area contributed by atoms with Crippen molar-refractivity contribution >= 4 is 27.6 Å². The number of rotatable bonds is 6. The topological polar surface area (TPSA) is 124 Å². The van der Waals surface area contributed by atoms with Crippen molar-refractivity contribution in [3.8, 4) is 6.07 Å². The fourth-order valence-electron chi connectivity index (χ4n) is 4.12. The SMILES string of the molecule is C[C@@H](CCc1ccccc1)C1C=Cc2c(cn(C)c2C(=O)Nc2cc(F)nc(C#N)c2)S(=N)(=O)N1. The van der Waals surface area contributed by atoms with Crippen LogP contribution in [0.4, 0.5) is 10.1 Å². The number of anilines is 1. The number of hydrogen-bond donors (Lipinski definition) is 3. The number of carbonyl (C=O) groups excluding carboxylic acids is 1. The van der Waals surface area contributed by atoms with Gasteiger partial charge in [0.05, 0.1) is 4.90 Å². The lowest BCUT2D eigenvalue weighted by atomic mass is 9.94. The van der Waals surface area contributed by atoms with Gasteiger partial charge in [0.25, 0.3) is 5.91 Å². The van der Waals surface area contributed by atoms with Gasteiger partial charge in [0.2, 0.25) is 5.95 Å². The molecular formula is C25H25FN6O2S. The van der Waals surface area contributed by atoms with Crippen LogP contribution in [0.3, 0.4) is 0 Å². The quantitative estimate of drug-likeness (QED) is 0.445. The van der Waals surface area contributed by atoms with Gasteiger partial charge in [0.1, 0.15) is 27.4 Å². The summed E-state index contributed by atoms with van der Waals surface area (Å²) < 4.78 is 40.1. The monoisotopic (exact) mass is 492 g/mol. The highest BCUT2D eigenvalue weighted by Crippen LogP contribution is 2.29. The summed E-state index contributed by atoms with van der Waals surface area (Å²) in [5, 5.41) is 11.6. The zero-order valence-electron chi connectivity index (χ0n) is 19.3. The van der Waals surface area contributed by atoms with E-state index in [4.69, 9.17) is 10.0 Å². The second-order valence-electron chi connectivity index (χ2n) is 8.56. The number of aryl methyl sites for hydroxylation is 2. The molecule has 0 saturated carbocycles. The van der Waals surface area contributed by atoms with Crippen LogP contribution in [0.25, 0.3) is 6.08 Å². The second kappa shape index (κ2) is 9.82. The molecule has 0 bridgehead atoms. The molecule has 180 valence electrons. The predicted octanol–water partition coefficient (Wildman–Crippen LogP) is 4.26. The minimum atomic E-state index is -3.41. The van der Waals surface area contributed by atoms with Gasteiger partial charge in [-0.15, -0.1) is 0 Å². The number of carbonyl (C=O) groups is 1. The Morgan fingerprint density at radius 2 is 2.11 bits per heavy atom. The largest absolute Gasteiger partial charge is 0.345 e. The third-order valence-electron chi connectivity index (χ3n) is 5.99. The Bertz CT molecular complexity index is 1440. The summed E-state index contributed by atoms with van der Waals surface area (Å²) in [4.78, 5) is 16.8. The van der Waals surface area contributed by atoms with E-state index in [1.54, 1.807) is 19.2 Å². The van der Waals surface area contributed by atoms with Gasteiger partial charge in [0.15, 0.2) is 0 Å². The van der Waals surface area contributed by atoms with Crippen LogP contribution < -0.4 is 10.0 Å². The van der Waals surface area contributed by atoms with Gasteiger partial charge in [0, 0.05) is 36.6 Å². The molecule has 0 aliphatic carbocycles. The summed E-state index contributed by atoms with van der Waals surface area (Å²) in [6.45, 7) is 2.04. The molecular weight excluding hydrogens is 467 g/mol. The van der Waals surface area contributed by atoms with E-state index in [0.717, 1.165) is 18.9 Å². The number of nitrogens with zero attached hydrogens (tertiary/aromatic N) is 3. The van der Waals surface area contributed by atoms with Crippen molar-refractivity contribution in [3.05, 3.63) is 83.2 Å². The second-order valence-corrected chi connectivity index (χ2v) is 10.3. The zero-order valence-corrected chi connectivity index (χ0v) is 20.1. The highest BCUT2D eigenvalue weighted by molar-refractivity contribution is 7.90. The molecule has 1 aromatic carbocycles. The third-order valence-corrected chi connectivity index (χ3v) is 7.54. The molecule has 35 heavy (non-hydrogen) atoms. The van der Waals surface area contributed by atoms with Gasteiger partial charge in [-0.1, -0.05) is 49.4 Å². The Morgan fingerprint density at radius 3 is 2.83 bits per heavy atom. The lowest BCUT2D eigenvalue weighted by Gasteiger charge is -2.22. The molecule has 0 radical (unpaired) electrons. The van der Waals surface area contributed by atoms with Crippen LogP contribution in [0.2, 0.25) is 0 Å². The van der Waals surface area contributed by atoms with Crippen molar-refractivity contribution < 1.29 is 13.4 Å². The fraction of sp³-hybridized carbons (Fsp3) is 0.240. The minimum Gasteiger partial charge on any atom is -0.345 e. The number of fused-ring (bicyclic) bond motifs is 1. The number of aromatic nitrogens is 2. The lowest BCUT2D eigenvalue weighted by Crippen LogP contribution is -2.36. The Balaban J connectivity index is 1.60. The van der Waals surface area contributed by atoms with Gasteiger partial charge in [-0.3, -0.25) is 4.79 Å². The molecule has 2 aromatic heterocycles. The molecule has 3 atom stereocenters. The van der Waals surface area contributed by atoms with Crippen LogP contribution in [0, 0.1) is 28.0 Å². The lowest BCUT2D eigenvalue weighted by molar-refractivity contribution is 0.101. The number of hydrogen-bond acceptors (Lipinski definition) is 5. The minimum absolute atomic E-state index is 0.0729. The number of nitrogens with one attached hydrogen (secondary N) is 3. The fourth-order valence-corrected chi connectivity index (χ4v) is 5.73. The molecule has 1 aliphatic rings. The van der Waals surface area contributed by atoms with E-state index in [0.29, 0.717) is 5.56 Å². The Labute approximate surface area is 203 Å². The Kier molecular flexibility index (Phi) is 6.82. The van der Waals surface area contributed by atoms with Gasteiger partial charge >= 0.3 is 0 Å². The van der Waals surface area contributed by atoms with Crippen LogP contribution in [0.1, 0.15) is 40.7 Å². The molecule has 1 amide bonds. The maximum atomic E-state index is 13.7. The van der Waals surface area contributed by atoms with E-state index in [2.05, 4.69) is 27.2 Å². The van der Waals surface area contributed by atoms with Gasteiger partial charge in [-0.2, -0.15) is 9.65 Å². The standard InChI is InChI=1S/C25H25FN6O2S/c1-16(8-9-17-6-4-3-5-7-17)21-11-10-20-22(35(28,34)31-21)15-32(2)24(20)25(33)30-18-12-19(14-27)29-23(26)13-18/h3-7,10-13,15-16,21H,8-9H2,1-2H3,(H2,28,31,34)(H,29,30,33)/t16-,21?,35?/m0/s1. The van der Waals surface area contributed by atoms with Crippen LogP contribution in [-0.2, 0) is 23.4 Å². The van der Waals surface area contributed by atoms with Crippen LogP contribution in [0.15, 0.2) is 59.6 Å². The molecule has 4 rings (SSSR count). The maximum Gasteiger partial charge on any atom is 0.272 e. The van der Waals surface area contributed by atoms with E-state index in [-0.39, 0.29) is 33.9 Å². The first kappa shape index (κ1) is 24.3. The molecule has 3 heterocycles. The van der Waals surface area contributed by atoms with E-state index in [9.17, 15) is 13.4 Å². The number of nitriles is 1. The molecule has 3 aromatic rings. The van der Waals surface area contributed by atoms with Gasteiger partial charge < -0.3 is 9.88 Å². The van der Waals surface area contributed by atoms with E-state index in [1.165, 1.54) is 22.4 Å². The molecule has 8 nitrogen and oxygen atoms in total. The van der Waals surface area contributed by atoms with E-state index >= 15 is 0 Å². The van der Waals surface area contributed by atoms with Crippen molar-refractivity contribution in [1.29, 1.82) is 10.0 Å². The summed E-state index contributed by atoms with van der Waals surface area (Å²) in [5.74, 6) is -1.40. The number of amides is 1. The average Bonchev–Trinajstić information content (AvgIpc) is 3.11. The highest BCUT2D eigenvalue weighted by atomic mass is 32.2. The molecule has 10 heteroatoms. The molecule has 1 aliphatic heterocycles. The summed E-state index contributed by atoms with van der Waals surface area (Å²) in [7, 11) is -1.80. The number of benzene rings is 1. The number of halogens is 1. The Hall–Kier alpha value is -3.81. The van der Waals surface area contributed by atoms with Gasteiger partial charge in [-0.05, 0) is 30.4 Å². The van der Waals surface area contributed by atoms with Crippen molar-refractivity contribution in [2.75, 3.05) is 5.32 Å². The normalized spacial score (nSPS) is 19.9. The highest BCUT2D eigenvalue weighted by Gasteiger charge is 2.30. The third kappa shape index (κ3) is 5.31. The van der Waals surface area contributed by atoms with Crippen molar-refractivity contribution in [3.63, 3.8) is 0 Å². The molecule has 3 N–H and O–H groups in total. The Morgan fingerprint density at radius 1 is 1.37 bits per heavy atom. The molecule has 0 fully saturated rings. The predicted molar refractivity (Wildman–Crippen MR) is 131 cm³/mol. The van der Waals surface area contributed by atoms with Crippen LogP contribution >= 0.6 is 0 Å². The number of pyridine rings is 1. The summed E-state index contributed by atoms with van der Waals surface area (Å²) in [6.07, 6.45) is 6.73. The van der Waals surface area contributed by atoms with Gasteiger partial charge in [-0.25, -0.2) is 18.7 Å². The maximum absolute atomic E-state index is 13.7. The summed E-state index contributed by atoms with van der Waals surface area (Å²) in [6, 6.07) is 13.8. The summed E-state index contributed by atoms with van der Waals surface area (Å²) in [5.41, 5.74) is 1.65. The molecule has 0 spiro atoms. The van der Waals surface area contributed by atoms with Crippen molar-refractivity contribution in [2.24, 2.45) is 13.0 Å². The van der Waals surface area contributed by atoms with Crippen LogP contribution in [-0.4, -0.2) is 25.7 Å².